The second-order valence-corrected chi connectivity index (χ2v) is 10.4. The minimum absolute atomic E-state index is 0.0276. The number of halogens is 9. The van der Waals surface area contributed by atoms with E-state index in [1.807, 2.05) is 0 Å². The van der Waals surface area contributed by atoms with Crippen molar-refractivity contribution in [2.45, 2.75) is 56.3 Å². The molecule has 0 aliphatic carbocycles. The van der Waals surface area contributed by atoms with Gasteiger partial charge in [-0.25, -0.2) is 14.8 Å². The van der Waals surface area contributed by atoms with Crippen molar-refractivity contribution in [3.8, 4) is 5.75 Å². The van der Waals surface area contributed by atoms with Gasteiger partial charge in [0.1, 0.15) is 12.4 Å². The molecule has 1 amide bonds. The molecule has 8 nitrogen and oxygen atoms in total. The van der Waals surface area contributed by atoms with E-state index in [4.69, 9.17) is 15.2 Å². The number of amides is 1. The molecule has 4 rings (SSSR count). The number of nitrogens with zero attached hydrogens (tertiary/aromatic N) is 3. The number of methoxy groups -OCH3 is 1. The van der Waals surface area contributed by atoms with Gasteiger partial charge in [0.25, 0.3) is 0 Å². The fraction of sp³-hybridized carbons (Fsp3) is 0.414. The number of hydrogen-bond donors (Lipinski definition) is 2. The molecule has 0 saturated heterocycles. The van der Waals surface area contributed by atoms with E-state index in [2.05, 4.69) is 9.97 Å². The van der Waals surface area contributed by atoms with Crippen LogP contribution in [0, 0.1) is 0 Å². The van der Waals surface area contributed by atoms with E-state index in [1.54, 1.807) is 6.92 Å². The first-order valence-corrected chi connectivity index (χ1v) is 13.6. The predicted molar refractivity (Wildman–Crippen MR) is 145 cm³/mol. The van der Waals surface area contributed by atoms with Crippen LogP contribution in [-0.2, 0) is 29.7 Å². The molecule has 1 aromatic heterocycles. The number of carbonyl (C=O) groups is 1. The van der Waals surface area contributed by atoms with Crippen LogP contribution in [0.2, 0.25) is 0 Å². The molecule has 250 valence electrons. The zero-order valence-electron chi connectivity index (χ0n) is 24.1. The van der Waals surface area contributed by atoms with Gasteiger partial charge < -0.3 is 20.3 Å². The molecule has 17 heteroatoms. The fourth-order valence-corrected chi connectivity index (χ4v) is 5.36. The van der Waals surface area contributed by atoms with Gasteiger partial charge in [0.15, 0.2) is 5.75 Å². The van der Waals surface area contributed by atoms with Gasteiger partial charge in [-0.15, -0.1) is 0 Å². The van der Waals surface area contributed by atoms with Crippen molar-refractivity contribution in [2.24, 2.45) is 5.73 Å². The Hall–Kier alpha value is -4.12. The summed E-state index contributed by atoms with van der Waals surface area (Å²) in [5, 5.41) is 9.93. The second-order valence-electron chi connectivity index (χ2n) is 10.4. The molecule has 3 unspecified atom stereocenters. The summed E-state index contributed by atoms with van der Waals surface area (Å²) in [6.45, 7) is 1.53. The number of carboxylic acid groups (broad SMARTS) is 1. The van der Waals surface area contributed by atoms with Crippen molar-refractivity contribution >= 4 is 11.8 Å². The highest BCUT2D eigenvalue weighted by Gasteiger charge is 2.45. The third-order valence-electron chi connectivity index (χ3n) is 7.42. The molecule has 2 heterocycles. The molecule has 3 N–H and O–H groups in total. The van der Waals surface area contributed by atoms with Gasteiger partial charge in [-0.05, 0) is 53.9 Å². The summed E-state index contributed by atoms with van der Waals surface area (Å²) in [5.41, 5.74) is 1.30. The maximum absolute atomic E-state index is 13.7. The average Bonchev–Trinajstić information content (AvgIpc) is 2.95. The summed E-state index contributed by atoms with van der Waals surface area (Å²) in [6.07, 6.45) is -16.0. The van der Waals surface area contributed by atoms with Crippen molar-refractivity contribution in [3.05, 3.63) is 81.9 Å². The molecular weight excluding hydrogens is 639 g/mol. The molecule has 2 aromatic carbocycles. The second kappa shape index (κ2) is 12.9. The molecule has 0 saturated carbocycles. The lowest BCUT2D eigenvalue weighted by Crippen LogP contribution is -2.56. The summed E-state index contributed by atoms with van der Waals surface area (Å²) in [6, 6.07) is 1.25. The van der Waals surface area contributed by atoms with Crippen LogP contribution in [0.4, 0.5) is 50.0 Å². The van der Waals surface area contributed by atoms with Crippen molar-refractivity contribution < 1.29 is 58.9 Å². The van der Waals surface area contributed by atoms with Crippen LogP contribution >= 0.6 is 0 Å². The minimum Gasteiger partial charge on any atom is -0.488 e. The third kappa shape index (κ3) is 7.30. The number of ether oxygens (including phenoxy) is 2. The van der Waals surface area contributed by atoms with Gasteiger partial charge in [0, 0.05) is 19.6 Å². The van der Waals surface area contributed by atoms with E-state index in [0.29, 0.717) is 18.2 Å². The van der Waals surface area contributed by atoms with Crippen LogP contribution in [0.25, 0.3) is 0 Å². The predicted octanol–water partition coefficient (Wildman–Crippen LogP) is 6.88. The zero-order valence-corrected chi connectivity index (χ0v) is 24.1. The first-order valence-electron chi connectivity index (χ1n) is 13.6. The standard InChI is InChI=1S/C29H27F9N4O4/c1-3-20-24(39)23(18-12-15(27(30,31)32)4-5-21(18)42(20)26(43)44)25-40-13-22(46-7-6-45-2)19(41-25)10-14-8-16(28(33,34)35)11-17(9-14)29(36,37)38/h4-5,8-9,11-13,20,23-24H,3,6-7,10,39H2,1-2H3,(H,43,44). The molecule has 0 fully saturated rings. The lowest BCUT2D eigenvalue weighted by Gasteiger charge is -2.43. The summed E-state index contributed by atoms with van der Waals surface area (Å²) in [7, 11) is 1.35. The number of aromatic nitrogens is 2. The Labute approximate surface area is 255 Å². The maximum Gasteiger partial charge on any atom is 0.416 e. The van der Waals surface area contributed by atoms with Gasteiger partial charge >= 0.3 is 24.6 Å². The van der Waals surface area contributed by atoms with Gasteiger partial charge in [-0.2, -0.15) is 39.5 Å². The number of rotatable bonds is 8. The highest BCUT2D eigenvalue weighted by atomic mass is 19.4. The molecule has 0 bridgehead atoms. The van der Waals surface area contributed by atoms with E-state index in [-0.39, 0.29) is 54.2 Å². The Morgan fingerprint density at radius 1 is 0.935 bits per heavy atom. The van der Waals surface area contributed by atoms with Crippen LogP contribution in [0.15, 0.2) is 42.6 Å². The average molecular weight is 667 g/mol. The highest BCUT2D eigenvalue weighted by molar-refractivity contribution is 5.89. The fourth-order valence-electron chi connectivity index (χ4n) is 5.36. The Balaban J connectivity index is 1.92. The van der Waals surface area contributed by atoms with Crippen LogP contribution in [0.5, 0.6) is 5.75 Å². The molecule has 3 atom stereocenters. The number of anilines is 1. The van der Waals surface area contributed by atoms with E-state index < -0.39 is 71.3 Å². The van der Waals surface area contributed by atoms with Crippen LogP contribution in [-0.4, -0.2) is 53.6 Å². The first-order chi connectivity index (χ1) is 21.4. The molecular formula is C29H27F9N4O4. The molecule has 0 spiro atoms. The monoisotopic (exact) mass is 666 g/mol. The van der Waals surface area contributed by atoms with Gasteiger partial charge in [-0.3, -0.25) is 4.90 Å². The number of benzene rings is 2. The lowest BCUT2D eigenvalue weighted by atomic mass is 9.79. The number of fused-ring (bicyclic) bond motifs is 1. The lowest BCUT2D eigenvalue weighted by molar-refractivity contribution is -0.143. The van der Waals surface area contributed by atoms with Crippen molar-refractivity contribution in [2.75, 3.05) is 25.2 Å². The third-order valence-corrected chi connectivity index (χ3v) is 7.42. The Morgan fingerprint density at radius 3 is 2.07 bits per heavy atom. The Morgan fingerprint density at radius 2 is 1.54 bits per heavy atom. The van der Waals surface area contributed by atoms with Gasteiger partial charge in [0.2, 0.25) is 0 Å². The largest absolute Gasteiger partial charge is 0.488 e. The van der Waals surface area contributed by atoms with E-state index in [1.165, 1.54) is 7.11 Å². The SMILES string of the molecule is CCC1C(N)C(c2ncc(OCCOC)c(Cc3cc(C(F)(F)F)cc(C(F)(F)F)c3)n2)c2cc(C(F)(F)F)ccc2N1C(=O)O. The van der Waals surface area contributed by atoms with E-state index >= 15 is 0 Å². The molecule has 1 aliphatic heterocycles. The van der Waals surface area contributed by atoms with Crippen LogP contribution < -0.4 is 15.4 Å². The zero-order chi connectivity index (χ0) is 34.2. The molecule has 0 radical (unpaired) electrons. The van der Waals surface area contributed by atoms with E-state index in [0.717, 1.165) is 23.2 Å². The smallest absolute Gasteiger partial charge is 0.416 e. The number of alkyl halides is 9. The minimum atomic E-state index is -5.12. The topological polar surface area (TPSA) is 111 Å². The van der Waals surface area contributed by atoms with Crippen LogP contribution in [0.1, 0.15) is 58.6 Å². The quantitative estimate of drug-likeness (QED) is 0.199. The summed E-state index contributed by atoms with van der Waals surface area (Å²) >= 11 is 0. The van der Waals surface area contributed by atoms with Crippen molar-refractivity contribution in [3.63, 3.8) is 0 Å². The maximum atomic E-state index is 13.7. The van der Waals surface area contributed by atoms with E-state index in [9.17, 15) is 49.4 Å². The van der Waals surface area contributed by atoms with Crippen molar-refractivity contribution in [1.29, 1.82) is 0 Å². The first kappa shape index (κ1) is 34.7. The summed E-state index contributed by atoms with van der Waals surface area (Å²) in [5.74, 6) is -1.65. The number of hydrogen-bond acceptors (Lipinski definition) is 6. The summed E-state index contributed by atoms with van der Waals surface area (Å²) < 4.78 is 133. The van der Waals surface area contributed by atoms with Crippen LogP contribution in [0.3, 0.4) is 0 Å². The summed E-state index contributed by atoms with van der Waals surface area (Å²) in [4.78, 5) is 21.6. The molecule has 3 aromatic rings. The van der Waals surface area contributed by atoms with Crippen molar-refractivity contribution in [1.82, 2.24) is 9.97 Å². The molecule has 46 heavy (non-hydrogen) atoms. The Kier molecular flexibility index (Phi) is 9.78. The Bertz CT molecular complexity index is 1550. The van der Waals surface area contributed by atoms with Gasteiger partial charge in [0.05, 0.1) is 52.8 Å². The highest BCUT2D eigenvalue weighted by Crippen LogP contribution is 2.45. The normalized spacial score (nSPS) is 18.8. The number of nitrogens with two attached hydrogens (primary N) is 1. The van der Waals surface area contributed by atoms with Gasteiger partial charge in [-0.1, -0.05) is 6.92 Å². The molecule has 1 aliphatic rings.